The molecule has 1 aliphatic carbocycles. The zero-order valence-electron chi connectivity index (χ0n) is 17.1. The summed E-state index contributed by atoms with van der Waals surface area (Å²) in [6.07, 6.45) is 1.98. The predicted octanol–water partition coefficient (Wildman–Crippen LogP) is 3.11. The number of benzene rings is 2. The van der Waals surface area contributed by atoms with Crippen LogP contribution in [-0.4, -0.2) is 54.6 Å². The summed E-state index contributed by atoms with van der Waals surface area (Å²) in [6.45, 7) is 2.87. The molecule has 2 aromatic rings. The second-order valence-electron chi connectivity index (χ2n) is 7.83. The molecule has 0 spiro atoms. The molecule has 1 amide bonds. The number of carbonyl (C=O) groups excluding carboxylic acids is 1. The highest BCUT2D eigenvalue weighted by Crippen LogP contribution is 2.31. The van der Waals surface area contributed by atoms with E-state index in [0.29, 0.717) is 38.5 Å². The van der Waals surface area contributed by atoms with E-state index in [1.54, 1.807) is 24.3 Å². The van der Waals surface area contributed by atoms with Gasteiger partial charge in [0.1, 0.15) is 11.5 Å². The number of rotatable bonds is 8. The van der Waals surface area contributed by atoms with E-state index in [1.807, 2.05) is 0 Å². The van der Waals surface area contributed by atoms with Crippen LogP contribution in [0.2, 0.25) is 0 Å². The first-order chi connectivity index (χ1) is 15.0. The van der Waals surface area contributed by atoms with E-state index in [-0.39, 0.29) is 35.1 Å². The Morgan fingerprint density at radius 1 is 1.19 bits per heavy atom. The summed E-state index contributed by atoms with van der Waals surface area (Å²) in [7, 11) is 0. The summed E-state index contributed by atoms with van der Waals surface area (Å²) in [5.41, 5.74) is 1.44. The van der Waals surface area contributed by atoms with E-state index in [2.05, 4.69) is 15.5 Å². The molecule has 31 heavy (non-hydrogen) atoms. The lowest BCUT2D eigenvalue weighted by atomic mass is 10.0. The topological polar surface area (TPSA) is 96.7 Å². The van der Waals surface area contributed by atoms with E-state index >= 15 is 0 Å². The number of carbonyl (C=O) groups is 1. The van der Waals surface area contributed by atoms with Gasteiger partial charge in [-0.15, -0.1) is 0 Å². The van der Waals surface area contributed by atoms with Gasteiger partial charge in [-0.25, -0.2) is 4.39 Å². The van der Waals surface area contributed by atoms with Crippen LogP contribution >= 0.6 is 0 Å². The fraction of sp³-hybridized carbons (Fsp3) is 0.409. The van der Waals surface area contributed by atoms with Gasteiger partial charge in [-0.3, -0.25) is 19.8 Å². The van der Waals surface area contributed by atoms with Crippen LogP contribution in [0, 0.1) is 15.9 Å². The zero-order valence-corrected chi connectivity index (χ0v) is 17.1. The first kappa shape index (κ1) is 21.2. The molecule has 1 aliphatic heterocycles. The van der Waals surface area contributed by atoms with Crippen molar-refractivity contribution < 1.29 is 18.8 Å². The van der Waals surface area contributed by atoms with Crippen LogP contribution in [0.25, 0.3) is 0 Å². The predicted molar refractivity (Wildman–Crippen MR) is 114 cm³/mol. The Labute approximate surface area is 179 Å². The number of nitrogens with zero attached hydrogens (tertiary/aromatic N) is 2. The smallest absolute Gasteiger partial charge is 0.293 e. The Morgan fingerprint density at radius 3 is 2.55 bits per heavy atom. The summed E-state index contributed by atoms with van der Waals surface area (Å²) in [4.78, 5) is 26.0. The van der Waals surface area contributed by atoms with Crippen LogP contribution in [0.15, 0.2) is 42.5 Å². The van der Waals surface area contributed by atoms with Crippen molar-refractivity contribution in [2.75, 3.05) is 38.2 Å². The maximum absolute atomic E-state index is 13.4. The molecular weight excluding hydrogens is 403 g/mol. The Kier molecular flexibility index (Phi) is 6.43. The summed E-state index contributed by atoms with van der Waals surface area (Å²) < 4.78 is 18.8. The highest BCUT2D eigenvalue weighted by Gasteiger charge is 2.27. The molecule has 1 heterocycles. The van der Waals surface area contributed by atoms with Crippen LogP contribution < -0.4 is 10.6 Å². The van der Waals surface area contributed by atoms with Gasteiger partial charge in [0.25, 0.3) is 11.6 Å². The standard InChI is InChI=1S/C22H25FN4O4/c23-17-4-1-15(2-5-17)21(26-9-11-31-12-10-26)14-24-22(28)16-3-8-19(25-18-6-7-18)20(13-16)27(29)30/h1-5,8,13,18,21,25H,6-7,9-12,14H2,(H,24,28)/t21-/m0/s1. The van der Waals surface area contributed by atoms with Crippen molar-refractivity contribution in [2.24, 2.45) is 0 Å². The average Bonchev–Trinajstić information content (AvgIpc) is 3.60. The number of hydrogen-bond acceptors (Lipinski definition) is 6. The molecular formula is C22H25FN4O4. The SMILES string of the molecule is O=C(NC[C@@H](c1ccc(F)cc1)N1CCOCC1)c1ccc(NC2CC2)c([N+](=O)[O-])c1. The van der Waals surface area contributed by atoms with Crippen molar-refractivity contribution in [3.63, 3.8) is 0 Å². The number of nitrogens with one attached hydrogen (secondary N) is 2. The number of nitro benzene ring substituents is 1. The molecule has 2 aromatic carbocycles. The molecule has 0 unspecified atom stereocenters. The lowest BCUT2D eigenvalue weighted by Gasteiger charge is -2.35. The van der Waals surface area contributed by atoms with E-state index in [4.69, 9.17) is 4.74 Å². The monoisotopic (exact) mass is 428 g/mol. The largest absolute Gasteiger partial charge is 0.379 e. The highest BCUT2D eigenvalue weighted by molar-refractivity contribution is 5.95. The summed E-state index contributed by atoms with van der Waals surface area (Å²) in [5, 5.41) is 17.5. The van der Waals surface area contributed by atoms with Crippen LogP contribution in [-0.2, 0) is 4.74 Å². The van der Waals surface area contributed by atoms with E-state index < -0.39 is 4.92 Å². The van der Waals surface area contributed by atoms with Crippen molar-refractivity contribution in [2.45, 2.75) is 24.9 Å². The van der Waals surface area contributed by atoms with E-state index in [1.165, 1.54) is 18.2 Å². The van der Waals surface area contributed by atoms with Gasteiger partial charge >= 0.3 is 0 Å². The van der Waals surface area contributed by atoms with Gasteiger partial charge in [0.2, 0.25) is 0 Å². The maximum Gasteiger partial charge on any atom is 0.293 e. The summed E-state index contributed by atoms with van der Waals surface area (Å²) in [5.74, 6) is -0.706. The third-order valence-corrected chi connectivity index (χ3v) is 5.59. The van der Waals surface area contributed by atoms with Gasteiger partial charge in [0, 0.05) is 37.3 Å². The van der Waals surface area contributed by atoms with Gasteiger partial charge in [0.15, 0.2) is 0 Å². The number of hydrogen-bond donors (Lipinski definition) is 2. The third kappa shape index (κ3) is 5.36. The minimum Gasteiger partial charge on any atom is -0.379 e. The molecule has 1 saturated carbocycles. The third-order valence-electron chi connectivity index (χ3n) is 5.59. The number of ether oxygens (including phenoxy) is 1. The average molecular weight is 428 g/mol. The van der Waals surface area contributed by atoms with Crippen molar-refractivity contribution in [3.8, 4) is 0 Å². The van der Waals surface area contributed by atoms with Crippen LogP contribution in [0.3, 0.4) is 0 Å². The molecule has 1 atom stereocenters. The normalized spacial score (nSPS) is 17.7. The van der Waals surface area contributed by atoms with Crippen LogP contribution in [0.5, 0.6) is 0 Å². The Bertz CT molecular complexity index is 943. The Hall–Kier alpha value is -3.04. The van der Waals surface area contributed by atoms with Gasteiger partial charge < -0.3 is 15.4 Å². The van der Waals surface area contributed by atoms with Crippen LogP contribution in [0.4, 0.5) is 15.8 Å². The van der Waals surface area contributed by atoms with Crippen molar-refractivity contribution in [1.82, 2.24) is 10.2 Å². The molecule has 1 saturated heterocycles. The Balaban J connectivity index is 1.48. The van der Waals surface area contributed by atoms with Gasteiger partial charge in [-0.05, 0) is 42.7 Å². The van der Waals surface area contributed by atoms with Gasteiger partial charge in [-0.1, -0.05) is 12.1 Å². The number of anilines is 1. The fourth-order valence-corrected chi connectivity index (χ4v) is 3.72. The van der Waals surface area contributed by atoms with Crippen molar-refractivity contribution in [3.05, 3.63) is 69.5 Å². The molecule has 164 valence electrons. The highest BCUT2D eigenvalue weighted by atomic mass is 19.1. The fourth-order valence-electron chi connectivity index (χ4n) is 3.72. The summed E-state index contributed by atoms with van der Waals surface area (Å²) >= 11 is 0. The first-order valence-corrected chi connectivity index (χ1v) is 10.4. The minimum atomic E-state index is -0.476. The maximum atomic E-state index is 13.4. The molecule has 2 aliphatic rings. The lowest BCUT2D eigenvalue weighted by molar-refractivity contribution is -0.384. The van der Waals surface area contributed by atoms with Crippen molar-refractivity contribution in [1.29, 1.82) is 0 Å². The molecule has 0 radical (unpaired) electrons. The Morgan fingerprint density at radius 2 is 1.90 bits per heavy atom. The van der Waals surface area contributed by atoms with Gasteiger partial charge in [-0.2, -0.15) is 0 Å². The quantitative estimate of drug-likeness (QED) is 0.495. The lowest BCUT2D eigenvalue weighted by Crippen LogP contribution is -2.43. The second kappa shape index (κ2) is 9.40. The zero-order chi connectivity index (χ0) is 21.8. The molecule has 0 aromatic heterocycles. The van der Waals surface area contributed by atoms with Gasteiger partial charge in [0.05, 0.1) is 24.2 Å². The number of halogens is 1. The van der Waals surface area contributed by atoms with E-state index in [9.17, 15) is 19.3 Å². The number of morpholine rings is 1. The summed E-state index contributed by atoms with van der Waals surface area (Å²) in [6, 6.07) is 10.8. The number of amides is 1. The molecule has 4 rings (SSSR count). The molecule has 0 bridgehead atoms. The van der Waals surface area contributed by atoms with Crippen molar-refractivity contribution >= 4 is 17.3 Å². The first-order valence-electron chi connectivity index (χ1n) is 10.4. The molecule has 9 heteroatoms. The van der Waals surface area contributed by atoms with E-state index in [0.717, 1.165) is 18.4 Å². The van der Waals surface area contributed by atoms with Crippen LogP contribution in [0.1, 0.15) is 34.8 Å². The molecule has 8 nitrogen and oxygen atoms in total. The minimum absolute atomic E-state index is 0.109. The second-order valence-corrected chi connectivity index (χ2v) is 7.83. The number of nitro groups is 1. The molecule has 2 N–H and O–H groups in total. The molecule has 2 fully saturated rings.